The number of nitrogen functional groups attached to an aromatic ring is 1. The van der Waals surface area contributed by atoms with Crippen LogP contribution in [0.1, 0.15) is 24.5 Å². The quantitative estimate of drug-likeness (QED) is 0.828. The Morgan fingerprint density at radius 3 is 2.55 bits per heavy atom. The summed E-state index contributed by atoms with van der Waals surface area (Å²) in [7, 11) is 0. The third kappa shape index (κ3) is 3.79. The van der Waals surface area contributed by atoms with Crippen LogP contribution < -0.4 is 15.8 Å². The van der Waals surface area contributed by atoms with Crippen LogP contribution in [0.2, 0.25) is 0 Å². The standard InChI is InChI=1S/C18H22N2O2/c1-4-16(22-17-8-6-5-7-12(17)2)18(21)20-15-10-9-14(19)11-13(15)3/h5-11,16H,4,19H2,1-3H3,(H,20,21). The molecule has 0 radical (unpaired) electrons. The molecular weight excluding hydrogens is 276 g/mol. The number of carbonyl (C=O) groups is 1. The third-order valence-electron chi connectivity index (χ3n) is 3.53. The molecule has 4 heteroatoms. The molecule has 116 valence electrons. The summed E-state index contributed by atoms with van der Waals surface area (Å²) >= 11 is 0. The van der Waals surface area contributed by atoms with E-state index in [-0.39, 0.29) is 5.91 Å². The number of nitrogens with two attached hydrogens (primary N) is 1. The van der Waals surface area contributed by atoms with Gasteiger partial charge in [0.05, 0.1) is 0 Å². The molecule has 0 aliphatic carbocycles. The van der Waals surface area contributed by atoms with Crippen LogP contribution in [0.25, 0.3) is 0 Å². The number of hydrogen-bond acceptors (Lipinski definition) is 3. The second kappa shape index (κ2) is 6.98. The van der Waals surface area contributed by atoms with Gasteiger partial charge in [-0.3, -0.25) is 4.79 Å². The number of rotatable bonds is 5. The van der Waals surface area contributed by atoms with Gasteiger partial charge in [0.15, 0.2) is 6.10 Å². The fourth-order valence-electron chi connectivity index (χ4n) is 2.20. The van der Waals surface area contributed by atoms with E-state index in [1.807, 2.05) is 57.2 Å². The number of para-hydroxylation sites is 1. The topological polar surface area (TPSA) is 64.3 Å². The molecule has 3 N–H and O–H groups in total. The smallest absolute Gasteiger partial charge is 0.265 e. The van der Waals surface area contributed by atoms with Gasteiger partial charge in [-0.05, 0) is 55.7 Å². The van der Waals surface area contributed by atoms with Gasteiger partial charge in [-0.25, -0.2) is 0 Å². The Bertz CT molecular complexity index is 668. The van der Waals surface area contributed by atoms with Gasteiger partial charge in [-0.1, -0.05) is 25.1 Å². The molecule has 0 aromatic heterocycles. The predicted octanol–water partition coefficient (Wildman–Crippen LogP) is 3.68. The molecule has 1 unspecified atom stereocenters. The van der Waals surface area contributed by atoms with Crippen molar-refractivity contribution >= 4 is 17.3 Å². The first-order valence-electron chi connectivity index (χ1n) is 7.40. The predicted molar refractivity (Wildman–Crippen MR) is 90.1 cm³/mol. The van der Waals surface area contributed by atoms with E-state index in [4.69, 9.17) is 10.5 Å². The Kier molecular flexibility index (Phi) is 5.04. The molecule has 1 atom stereocenters. The summed E-state index contributed by atoms with van der Waals surface area (Å²) in [5, 5.41) is 2.91. The van der Waals surface area contributed by atoms with Gasteiger partial charge in [0, 0.05) is 11.4 Å². The highest BCUT2D eigenvalue weighted by Crippen LogP contribution is 2.21. The molecule has 0 saturated heterocycles. The van der Waals surface area contributed by atoms with E-state index in [0.717, 1.165) is 22.6 Å². The maximum absolute atomic E-state index is 12.4. The lowest BCUT2D eigenvalue weighted by molar-refractivity contribution is -0.122. The Hall–Kier alpha value is -2.49. The normalized spacial score (nSPS) is 11.8. The van der Waals surface area contributed by atoms with Gasteiger partial charge in [0.2, 0.25) is 0 Å². The fraction of sp³-hybridized carbons (Fsp3) is 0.278. The minimum absolute atomic E-state index is 0.154. The van der Waals surface area contributed by atoms with E-state index >= 15 is 0 Å². The monoisotopic (exact) mass is 298 g/mol. The van der Waals surface area contributed by atoms with Gasteiger partial charge < -0.3 is 15.8 Å². The first-order valence-corrected chi connectivity index (χ1v) is 7.40. The SMILES string of the molecule is CCC(Oc1ccccc1C)C(=O)Nc1ccc(N)cc1C. The Morgan fingerprint density at radius 1 is 1.18 bits per heavy atom. The van der Waals surface area contributed by atoms with Crippen molar-refractivity contribution in [3.8, 4) is 5.75 Å². The van der Waals surface area contributed by atoms with Crippen molar-refractivity contribution < 1.29 is 9.53 Å². The third-order valence-corrected chi connectivity index (χ3v) is 3.53. The van der Waals surface area contributed by atoms with Crippen molar-refractivity contribution in [2.45, 2.75) is 33.3 Å². The number of ether oxygens (including phenoxy) is 1. The number of hydrogen-bond donors (Lipinski definition) is 2. The number of amides is 1. The molecule has 0 fully saturated rings. The molecule has 0 spiro atoms. The first kappa shape index (κ1) is 15.9. The second-order valence-electron chi connectivity index (χ2n) is 5.34. The lowest BCUT2D eigenvalue weighted by Gasteiger charge is -2.19. The summed E-state index contributed by atoms with van der Waals surface area (Å²) in [5.41, 5.74) is 9.10. The minimum atomic E-state index is -0.530. The average molecular weight is 298 g/mol. The Labute approximate surface area is 131 Å². The van der Waals surface area contributed by atoms with Gasteiger partial charge in [-0.2, -0.15) is 0 Å². The second-order valence-corrected chi connectivity index (χ2v) is 5.34. The van der Waals surface area contributed by atoms with Crippen molar-refractivity contribution in [2.75, 3.05) is 11.1 Å². The van der Waals surface area contributed by atoms with Crippen LogP contribution in [-0.4, -0.2) is 12.0 Å². The molecule has 1 amide bonds. The zero-order chi connectivity index (χ0) is 16.1. The maximum Gasteiger partial charge on any atom is 0.265 e. The number of benzene rings is 2. The number of anilines is 2. The molecular formula is C18H22N2O2. The van der Waals surface area contributed by atoms with Crippen LogP contribution in [-0.2, 0) is 4.79 Å². The van der Waals surface area contributed by atoms with Crippen LogP contribution in [0, 0.1) is 13.8 Å². The van der Waals surface area contributed by atoms with Crippen molar-refractivity contribution in [3.63, 3.8) is 0 Å². The van der Waals surface area contributed by atoms with Gasteiger partial charge in [0.1, 0.15) is 5.75 Å². The van der Waals surface area contributed by atoms with Crippen LogP contribution in [0.4, 0.5) is 11.4 Å². The Balaban J connectivity index is 2.10. The summed E-state index contributed by atoms with van der Waals surface area (Å²) in [5.74, 6) is 0.581. The van der Waals surface area contributed by atoms with Crippen molar-refractivity contribution in [1.82, 2.24) is 0 Å². The van der Waals surface area contributed by atoms with Gasteiger partial charge >= 0.3 is 0 Å². The Morgan fingerprint density at radius 2 is 1.91 bits per heavy atom. The molecule has 22 heavy (non-hydrogen) atoms. The van der Waals surface area contributed by atoms with E-state index in [0.29, 0.717) is 12.1 Å². The first-order chi connectivity index (χ1) is 10.5. The maximum atomic E-state index is 12.4. The van der Waals surface area contributed by atoms with Gasteiger partial charge in [-0.15, -0.1) is 0 Å². The molecule has 4 nitrogen and oxygen atoms in total. The molecule has 2 rings (SSSR count). The summed E-state index contributed by atoms with van der Waals surface area (Å²) in [6, 6.07) is 13.1. The van der Waals surface area contributed by atoms with E-state index < -0.39 is 6.10 Å². The zero-order valence-corrected chi connectivity index (χ0v) is 13.2. The fourth-order valence-corrected chi connectivity index (χ4v) is 2.20. The van der Waals surface area contributed by atoms with Crippen LogP contribution in [0.5, 0.6) is 5.75 Å². The van der Waals surface area contributed by atoms with E-state index in [2.05, 4.69) is 5.32 Å². The van der Waals surface area contributed by atoms with E-state index in [9.17, 15) is 4.79 Å². The summed E-state index contributed by atoms with van der Waals surface area (Å²) in [4.78, 5) is 12.4. The van der Waals surface area contributed by atoms with Crippen LogP contribution in [0.15, 0.2) is 42.5 Å². The number of nitrogens with one attached hydrogen (secondary N) is 1. The molecule has 0 heterocycles. The molecule has 0 saturated carbocycles. The van der Waals surface area contributed by atoms with Crippen molar-refractivity contribution in [3.05, 3.63) is 53.6 Å². The lowest BCUT2D eigenvalue weighted by Crippen LogP contribution is -2.32. The summed E-state index contributed by atoms with van der Waals surface area (Å²) in [6.07, 6.45) is 0.0619. The molecule has 0 bridgehead atoms. The summed E-state index contributed by atoms with van der Waals surface area (Å²) < 4.78 is 5.86. The average Bonchev–Trinajstić information content (AvgIpc) is 2.49. The van der Waals surface area contributed by atoms with E-state index in [1.54, 1.807) is 6.07 Å². The van der Waals surface area contributed by atoms with Crippen LogP contribution >= 0.6 is 0 Å². The van der Waals surface area contributed by atoms with Crippen LogP contribution in [0.3, 0.4) is 0 Å². The number of aryl methyl sites for hydroxylation is 2. The van der Waals surface area contributed by atoms with E-state index in [1.165, 1.54) is 0 Å². The highest BCUT2D eigenvalue weighted by Gasteiger charge is 2.19. The molecule has 0 aliphatic heterocycles. The minimum Gasteiger partial charge on any atom is -0.480 e. The number of carbonyl (C=O) groups excluding carboxylic acids is 1. The highest BCUT2D eigenvalue weighted by atomic mass is 16.5. The largest absolute Gasteiger partial charge is 0.480 e. The summed E-state index contributed by atoms with van der Waals surface area (Å²) in [6.45, 7) is 5.80. The zero-order valence-electron chi connectivity index (χ0n) is 13.2. The molecule has 2 aromatic carbocycles. The van der Waals surface area contributed by atoms with Crippen molar-refractivity contribution in [1.29, 1.82) is 0 Å². The van der Waals surface area contributed by atoms with Gasteiger partial charge in [0.25, 0.3) is 5.91 Å². The lowest BCUT2D eigenvalue weighted by atomic mass is 10.1. The van der Waals surface area contributed by atoms with Crippen molar-refractivity contribution in [2.24, 2.45) is 0 Å². The molecule has 0 aliphatic rings. The molecule has 2 aromatic rings. The highest BCUT2D eigenvalue weighted by molar-refractivity contribution is 5.95.